The number of carbonyl (C=O) groups is 1. The molecule has 2 aromatic heterocycles. The number of benzene rings is 1. The number of sulfone groups is 1. The van der Waals surface area contributed by atoms with Crippen LogP contribution in [0.25, 0.3) is 22.4 Å². The average Bonchev–Trinajstić information content (AvgIpc) is 3.35. The number of amides is 1. The molecule has 1 aromatic carbocycles. The minimum absolute atomic E-state index is 0.0936. The number of H-pyrrole nitrogens is 1. The van der Waals surface area contributed by atoms with E-state index >= 15 is 0 Å². The number of hydrogen-bond donors (Lipinski definition) is 3. The van der Waals surface area contributed by atoms with E-state index in [0.29, 0.717) is 28.0 Å². The quantitative estimate of drug-likeness (QED) is 0.567. The van der Waals surface area contributed by atoms with Crippen molar-refractivity contribution in [3.05, 3.63) is 42.2 Å². The highest BCUT2D eigenvalue weighted by Crippen LogP contribution is 2.35. The minimum Gasteiger partial charge on any atom is -0.394 e. The van der Waals surface area contributed by atoms with E-state index in [1.807, 2.05) is 0 Å². The molecule has 152 valence electrons. The Morgan fingerprint density at radius 2 is 1.97 bits per heavy atom. The first kappa shape index (κ1) is 19.5. The Bertz CT molecular complexity index is 1180. The van der Waals surface area contributed by atoms with Gasteiger partial charge in [-0.1, -0.05) is 12.1 Å². The van der Waals surface area contributed by atoms with Gasteiger partial charge < -0.3 is 15.4 Å². The summed E-state index contributed by atoms with van der Waals surface area (Å²) in [7, 11) is -3.35. The van der Waals surface area contributed by atoms with Crippen molar-refractivity contribution in [1.82, 2.24) is 20.3 Å². The molecule has 0 radical (unpaired) electrons. The van der Waals surface area contributed by atoms with Crippen molar-refractivity contribution in [2.75, 3.05) is 6.61 Å². The molecule has 1 amide bonds. The molecule has 1 aliphatic rings. The van der Waals surface area contributed by atoms with Crippen LogP contribution in [0.4, 0.5) is 0 Å². The van der Waals surface area contributed by atoms with E-state index in [4.69, 9.17) is 0 Å². The van der Waals surface area contributed by atoms with Crippen LogP contribution in [0, 0.1) is 0 Å². The second-order valence-electron chi connectivity index (χ2n) is 7.67. The van der Waals surface area contributed by atoms with Gasteiger partial charge in [0.1, 0.15) is 5.52 Å². The number of fused-ring (bicyclic) bond motifs is 1. The van der Waals surface area contributed by atoms with Crippen LogP contribution < -0.4 is 5.32 Å². The third-order valence-corrected chi connectivity index (χ3v) is 7.43. The fourth-order valence-corrected chi connectivity index (χ4v) is 4.13. The van der Waals surface area contributed by atoms with Gasteiger partial charge in [-0.05, 0) is 38.8 Å². The summed E-state index contributed by atoms with van der Waals surface area (Å²) >= 11 is 0. The van der Waals surface area contributed by atoms with Gasteiger partial charge in [-0.25, -0.2) is 18.4 Å². The molecule has 3 aromatic rings. The highest BCUT2D eigenvalue weighted by molar-refractivity contribution is 7.92. The number of rotatable bonds is 6. The summed E-state index contributed by atoms with van der Waals surface area (Å²) in [5.74, 6) is -0.312. The normalized spacial score (nSPS) is 15.6. The maximum absolute atomic E-state index is 12.6. The van der Waals surface area contributed by atoms with E-state index in [-0.39, 0.29) is 17.4 Å². The van der Waals surface area contributed by atoms with Crippen LogP contribution in [0.2, 0.25) is 0 Å². The number of nitrogens with zero attached hydrogens (tertiary/aromatic N) is 2. The predicted octanol–water partition coefficient (Wildman–Crippen LogP) is 2.06. The summed E-state index contributed by atoms with van der Waals surface area (Å²) in [5.41, 5.74) is 1.96. The van der Waals surface area contributed by atoms with E-state index in [9.17, 15) is 18.3 Å². The van der Waals surface area contributed by atoms with Crippen molar-refractivity contribution in [1.29, 1.82) is 0 Å². The first-order chi connectivity index (χ1) is 13.8. The van der Waals surface area contributed by atoms with E-state index in [1.54, 1.807) is 50.5 Å². The second-order valence-corrected chi connectivity index (χ2v) is 10.2. The molecule has 8 nitrogen and oxygen atoms in total. The number of hydrogen-bond acceptors (Lipinski definition) is 6. The first-order valence-corrected chi connectivity index (χ1v) is 10.9. The van der Waals surface area contributed by atoms with Crippen LogP contribution in [-0.2, 0) is 9.84 Å². The Hall–Kier alpha value is -2.78. The minimum atomic E-state index is -3.35. The molecule has 4 rings (SSSR count). The molecule has 0 aliphatic heterocycles. The molecule has 3 N–H and O–H groups in total. The standard InChI is InChI=1S/C20H22N4O4S/c1-12(2)29(27,28)14-5-3-13(4-6-14)16-10-22-18-17(23-16)15(9-21-18)19(26)24-20(11-25)7-8-20/h3-6,9-10,12,25H,7-8,11H2,1-2H3,(H,21,22)(H,24,26). The van der Waals surface area contributed by atoms with E-state index in [0.717, 1.165) is 12.8 Å². The van der Waals surface area contributed by atoms with Crippen LogP contribution in [0.15, 0.2) is 41.6 Å². The molecule has 0 saturated heterocycles. The number of aromatic nitrogens is 3. The summed E-state index contributed by atoms with van der Waals surface area (Å²) < 4.78 is 24.6. The molecule has 1 aliphatic carbocycles. The van der Waals surface area contributed by atoms with Crippen LogP contribution in [0.5, 0.6) is 0 Å². The van der Waals surface area contributed by atoms with Gasteiger partial charge in [0.25, 0.3) is 5.91 Å². The van der Waals surface area contributed by atoms with Gasteiger partial charge in [0.15, 0.2) is 15.5 Å². The predicted molar refractivity (Wildman–Crippen MR) is 108 cm³/mol. The van der Waals surface area contributed by atoms with Crippen molar-refractivity contribution in [3.8, 4) is 11.3 Å². The zero-order valence-corrected chi connectivity index (χ0v) is 17.0. The van der Waals surface area contributed by atoms with Crippen molar-refractivity contribution < 1.29 is 18.3 Å². The van der Waals surface area contributed by atoms with Crippen LogP contribution in [0.3, 0.4) is 0 Å². The third kappa shape index (κ3) is 3.51. The topological polar surface area (TPSA) is 125 Å². The van der Waals surface area contributed by atoms with Gasteiger partial charge >= 0.3 is 0 Å². The molecule has 0 unspecified atom stereocenters. The highest BCUT2D eigenvalue weighted by atomic mass is 32.2. The van der Waals surface area contributed by atoms with E-state index in [2.05, 4.69) is 20.3 Å². The molecule has 0 spiro atoms. The fraction of sp³-hybridized carbons (Fsp3) is 0.350. The lowest BCUT2D eigenvalue weighted by Gasteiger charge is -2.13. The lowest BCUT2D eigenvalue weighted by molar-refractivity contribution is 0.0908. The second kappa shape index (κ2) is 6.93. The maximum Gasteiger partial charge on any atom is 0.255 e. The SMILES string of the molecule is CC(C)S(=O)(=O)c1ccc(-c2cnc3[nH]cc(C(=O)NC4(CO)CC4)c3n2)cc1. The highest BCUT2D eigenvalue weighted by Gasteiger charge is 2.43. The number of aromatic amines is 1. The molecular weight excluding hydrogens is 392 g/mol. The number of aliphatic hydroxyl groups excluding tert-OH is 1. The van der Waals surface area contributed by atoms with Gasteiger partial charge in [-0.3, -0.25) is 4.79 Å². The molecule has 29 heavy (non-hydrogen) atoms. The van der Waals surface area contributed by atoms with Gasteiger partial charge in [0, 0.05) is 11.8 Å². The number of carbonyl (C=O) groups excluding carboxylic acids is 1. The lowest BCUT2D eigenvalue weighted by atomic mass is 10.1. The molecule has 9 heteroatoms. The molecule has 2 heterocycles. The first-order valence-electron chi connectivity index (χ1n) is 9.38. The summed E-state index contributed by atoms with van der Waals surface area (Å²) in [4.78, 5) is 24.7. The average molecular weight is 414 g/mol. The van der Waals surface area contributed by atoms with E-state index in [1.165, 1.54) is 0 Å². The smallest absolute Gasteiger partial charge is 0.255 e. The van der Waals surface area contributed by atoms with Gasteiger partial charge in [-0.15, -0.1) is 0 Å². The Labute approximate surface area is 168 Å². The summed E-state index contributed by atoms with van der Waals surface area (Å²) in [5, 5.41) is 11.8. The zero-order chi connectivity index (χ0) is 20.8. The Morgan fingerprint density at radius 1 is 1.28 bits per heavy atom. The molecule has 1 fully saturated rings. The van der Waals surface area contributed by atoms with Crippen molar-refractivity contribution in [2.45, 2.75) is 42.4 Å². The summed E-state index contributed by atoms with van der Waals surface area (Å²) in [6.07, 6.45) is 4.62. The van der Waals surface area contributed by atoms with Crippen LogP contribution in [0.1, 0.15) is 37.0 Å². The van der Waals surface area contributed by atoms with Crippen LogP contribution >= 0.6 is 0 Å². The molecular formula is C20H22N4O4S. The molecule has 1 saturated carbocycles. The zero-order valence-electron chi connectivity index (χ0n) is 16.1. The summed E-state index contributed by atoms with van der Waals surface area (Å²) in [6, 6.07) is 6.48. The Balaban J connectivity index is 1.66. The fourth-order valence-electron chi connectivity index (χ4n) is 3.07. The van der Waals surface area contributed by atoms with Crippen molar-refractivity contribution in [2.24, 2.45) is 0 Å². The number of nitrogens with one attached hydrogen (secondary N) is 2. The largest absolute Gasteiger partial charge is 0.394 e. The monoisotopic (exact) mass is 414 g/mol. The third-order valence-electron chi connectivity index (χ3n) is 5.26. The van der Waals surface area contributed by atoms with Gasteiger partial charge in [0.05, 0.1) is 39.7 Å². The van der Waals surface area contributed by atoms with Crippen LogP contribution in [-0.4, -0.2) is 51.8 Å². The van der Waals surface area contributed by atoms with Gasteiger partial charge in [0.2, 0.25) is 0 Å². The summed E-state index contributed by atoms with van der Waals surface area (Å²) in [6.45, 7) is 3.19. The molecule has 0 bridgehead atoms. The van der Waals surface area contributed by atoms with Gasteiger partial charge in [-0.2, -0.15) is 0 Å². The van der Waals surface area contributed by atoms with E-state index < -0.39 is 20.6 Å². The Kier molecular flexibility index (Phi) is 4.66. The molecule has 0 atom stereocenters. The number of aliphatic hydroxyl groups is 1. The van der Waals surface area contributed by atoms with Crippen molar-refractivity contribution in [3.63, 3.8) is 0 Å². The maximum atomic E-state index is 12.6. The van der Waals surface area contributed by atoms with Crippen molar-refractivity contribution >= 4 is 26.9 Å². The Morgan fingerprint density at radius 3 is 2.55 bits per heavy atom. The lowest BCUT2D eigenvalue weighted by Crippen LogP contribution is -2.39.